The quantitative estimate of drug-likeness (QED) is 0.678. The van der Waals surface area contributed by atoms with Crippen LogP contribution in [0.5, 0.6) is 5.75 Å². The summed E-state index contributed by atoms with van der Waals surface area (Å²) in [4.78, 5) is 2.24. The molecule has 0 saturated carbocycles. The summed E-state index contributed by atoms with van der Waals surface area (Å²) in [5.74, 6) is 0.190. The van der Waals surface area contributed by atoms with Gasteiger partial charge in [0.1, 0.15) is 5.75 Å². The topological polar surface area (TPSA) is 79.1 Å². The van der Waals surface area contributed by atoms with Crippen molar-refractivity contribution in [3.63, 3.8) is 0 Å². The Labute approximate surface area is 175 Å². The molecule has 0 atom stereocenters. The van der Waals surface area contributed by atoms with E-state index in [2.05, 4.69) is 60.3 Å². The fourth-order valence-electron chi connectivity index (χ4n) is 4.42. The van der Waals surface area contributed by atoms with Gasteiger partial charge >= 0.3 is 0 Å². The summed E-state index contributed by atoms with van der Waals surface area (Å²) in [7, 11) is 2.09. The van der Waals surface area contributed by atoms with Crippen molar-refractivity contribution in [1.82, 2.24) is 25.3 Å². The molecule has 0 aliphatic carbocycles. The zero-order valence-corrected chi connectivity index (χ0v) is 18.4. The minimum Gasteiger partial charge on any atom is -0.507 e. The highest BCUT2D eigenvalue weighted by Crippen LogP contribution is 2.38. The molecular formula is C21H28N6OS. The highest BCUT2D eigenvalue weighted by atomic mass is 32.1. The van der Waals surface area contributed by atoms with Crippen molar-refractivity contribution in [3.05, 3.63) is 36.7 Å². The molecule has 4 rings (SSSR count). The van der Waals surface area contributed by atoms with E-state index in [1.165, 1.54) is 11.3 Å². The van der Waals surface area contributed by atoms with Crippen molar-refractivity contribution in [3.8, 4) is 22.0 Å². The average molecular weight is 413 g/mol. The van der Waals surface area contributed by atoms with Gasteiger partial charge in [0.2, 0.25) is 5.13 Å². The number of anilines is 1. The first-order chi connectivity index (χ1) is 13.6. The van der Waals surface area contributed by atoms with Crippen molar-refractivity contribution >= 4 is 16.5 Å². The largest absolute Gasteiger partial charge is 0.507 e. The number of nitrogens with one attached hydrogen (secondary N) is 1. The standard InChI is InChI=1S/C21H28N6OS/c1-20(2)12-15(13-21(3,4)25-20)26(5)19-24-23-18(29-19)16-11-14(7-8-17(16)28)27-10-6-9-22-27/h6-11,15,25,28H,12-13H2,1-5H3. The van der Waals surface area contributed by atoms with Crippen LogP contribution in [0, 0.1) is 0 Å². The lowest BCUT2D eigenvalue weighted by atomic mass is 9.79. The fraction of sp³-hybridized carbons (Fsp3) is 0.476. The predicted octanol–water partition coefficient (Wildman–Crippen LogP) is 3.84. The van der Waals surface area contributed by atoms with Gasteiger partial charge in [0.15, 0.2) is 5.01 Å². The van der Waals surface area contributed by atoms with Crippen molar-refractivity contribution < 1.29 is 5.11 Å². The molecule has 154 valence electrons. The number of nitrogens with zero attached hydrogens (tertiary/aromatic N) is 5. The van der Waals surface area contributed by atoms with Gasteiger partial charge in [-0.3, -0.25) is 0 Å². The van der Waals surface area contributed by atoms with E-state index in [4.69, 9.17) is 0 Å². The van der Waals surface area contributed by atoms with Crippen LogP contribution in [-0.2, 0) is 0 Å². The zero-order chi connectivity index (χ0) is 20.8. The molecule has 0 amide bonds. The Morgan fingerprint density at radius 1 is 1.17 bits per heavy atom. The highest BCUT2D eigenvalue weighted by Gasteiger charge is 2.39. The Morgan fingerprint density at radius 3 is 2.55 bits per heavy atom. The molecule has 3 heterocycles. The molecule has 29 heavy (non-hydrogen) atoms. The van der Waals surface area contributed by atoms with Crippen LogP contribution >= 0.6 is 11.3 Å². The number of rotatable bonds is 4. The molecule has 7 nitrogen and oxygen atoms in total. The van der Waals surface area contributed by atoms with Gasteiger partial charge in [-0.2, -0.15) is 5.10 Å². The smallest absolute Gasteiger partial charge is 0.208 e. The lowest BCUT2D eigenvalue weighted by molar-refractivity contribution is 0.161. The number of benzene rings is 1. The van der Waals surface area contributed by atoms with E-state index in [1.54, 1.807) is 16.9 Å². The summed E-state index contributed by atoms with van der Waals surface area (Å²) in [5.41, 5.74) is 1.66. The molecule has 2 aromatic heterocycles. The first-order valence-electron chi connectivity index (χ1n) is 9.83. The first-order valence-corrected chi connectivity index (χ1v) is 10.6. The second-order valence-corrected chi connectivity index (χ2v) is 10.1. The molecule has 0 unspecified atom stereocenters. The van der Waals surface area contributed by atoms with E-state index in [9.17, 15) is 5.11 Å². The van der Waals surface area contributed by atoms with E-state index in [0.717, 1.165) is 23.7 Å². The SMILES string of the molecule is CN(c1nnc(-c2cc(-n3cccn3)ccc2O)s1)C1CC(C)(C)NC(C)(C)C1. The number of hydrogen-bond donors (Lipinski definition) is 2. The molecule has 0 radical (unpaired) electrons. The van der Waals surface area contributed by atoms with Crippen LogP contribution < -0.4 is 10.2 Å². The number of piperidine rings is 1. The fourth-order valence-corrected chi connectivity index (χ4v) is 5.33. The molecule has 1 fully saturated rings. The molecule has 0 bridgehead atoms. The van der Waals surface area contributed by atoms with Crippen molar-refractivity contribution in [1.29, 1.82) is 0 Å². The molecule has 3 aromatic rings. The van der Waals surface area contributed by atoms with Crippen molar-refractivity contribution in [2.45, 2.75) is 57.7 Å². The molecule has 1 aliphatic heterocycles. The van der Waals surface area contributed by atoms with Gasteiger partial charge in [0.05, 0.1) is 11.3 Å². The summed E-state index contributed by atoms with van der Waals surface area (Å²) in [6.07, 6.45) is 5.66. The number of phenols is 1. The normalized spacial score (nSPS) is 18.7. The van der Waals surface area contributed by atoms with Crippen LogP contribution in [0.25, 0.3) is 16.3 Å². The highest BCUT2D eigenvalue weighted by molar-refractivity contribution is 7.18. The summed E-state index contributed by atoms with van der Waals surface area (Å²) in [6, 6.07) is 7.63. The van der Waals surface area contributed by atoms with E-state index in [1.807, 2.05) is 24.4 Å². The number of aromatic hydroxyl groups is 1. The maximum atomic E-state index is 10.4. The van der Waals surface area contributed by atoms with Crippen LogP contribution in [0.15, 0.2) is 36.7 Å². The van der Waals surface area contributed by atoms with E-state index in [-0.39, 0.29) is 16.8 Å². The van der Waals surface area contributed by atoms with E-state index < -0.39 is 0 Å². The summed E-state index contributed by atoms with van der Waals surface area (Å²) >= 11 is 1.50. The minimum absolute atomic E-state index is 0.0601. The molecule has 1 aliphatic rings. The Kier molecular flexibility index (Phi) is 4.86. The van der Waals surface area contributed by atoms with Crippen molar-refractivity contribution in [2.24, 2.45) is 0 Å². The third kappa shape index (κ3) is 4.13. The Hall–Kier alpha value is -2.45. The Balaban J connectivity index is 1.61. The third-order valence-corrected chi connectivity index (χ3v) is 6.46. The predicted molar refractivity (Wildman–Crippen MR) is 117 cm³/mol. The Morgan fingerprint density at radius 2 is 1.90 bits per heavy atom. The first kappa shape index (κ1) is 19.8. The molecular weight excluding hydrogens is 384 g/mol. The van der Waals surface area contributed by atoms with Crippen LogP contribution in [0.1, 0.15) is 40.5 Å². The van der Waals surface area contributed by atoms with Crippen LogP contribution in [0.2, 0.25) is 0 Å². The van der Waals surface area contributed by atoms with Gasteiger partial charge in [-0.15, -0.1) is 10.2 Å². The summed E-state index contributed by atoms with van der Waals surface area (Å²) < 4.78 is 1.76. The van der Waals surface area contributed by atoms with Gasteiger partial charge in [0, 0.05) is 36.6 Å². The van der Waals surface area contributed by atoms with Gasteiger partial charge in [-0.1, -0.05) is 11.3 Å². The molecule has 8 heteroatoms. The van der Waals surface area contributed by atoms with Crippen LogP contribution in [0.4, 0.5) is 5.13 Å². The van der Waals surface area contributed by atoms with Gasteiger partial charge in [0.25, 0.3) is 0 Å². The summed E-state index contributed by atoms with van der Waals surface area (Å²) in [5, 5.41) is 28.8. The zero-order valence-electron chi connectivity index (χ0n) is 17.5. The number of phenolic OH excluding ortho intramolecular Hbond substituents is 1. The van der Waals surface area contributed by atoms with Crippen molar-refractivity contribution in [2.75, 3.05) is 11.9 Å². The lowest BCUT2D eigenvalue weighted by Crippen LogP contribution is -2.61. The molecule has 1 saturated heterocycles. The minimum atomic E-state index is 0.0601. The van der Waals surface area contributed by atoms with Crippen LogP contribution in [-0.4, -0.2) is 49.3 Å². The van der Waals surface area contributed by atoms with Crippen LogP contribution in [0.3, 0.4) is 0 Å². The Bertz CT molecular complexity index is 979. The maximum absolute atomic E-state index is 10.4. The second-order valence-electron chi connectivity index (χ2n) is 9.11. The van der Waals surface area contributed by atoms with E-state index in [0.29, 0.717) is 16.6 Å². The van der Waals surface area contributed by atoms with Gasteiger partial charge < -0.3 is 15.3 Å². The average Bonchev–Trinajstić information content (AvgIpc) is 3.31. The van der Waals surface area contributed by atoms with Gasteiger partial charge in [-0.05, 0) is 64.8 Å². The monoisotopic (exact) mass is 412 g/mol. The van der Waals surface area contributed by atoms with E-state index >= 15 is 0 Å². The second kappa shape index (κ2) is 7.11. The maximum Gasteiger partial charge on any atom is 0.208 e. The van der Waals surface area contributed by atoms with Gasteiger partial charge in [-0.25, -0.2) is 4.68 Å². The third-order valence-electron chi connectivity index (χ3n) is 5.41. The number of aromatic nitrogens is 4. The molecule has 0 spiro atoms. The molecule has 1 aromatic carbocycles. The lowest BCUT2D eigenvalue weighted by Gasteiger charge is -2.48. The molecule has 2 N–H and O–H groups in total. The number of hydrogen-bond acceptors (Lipinski definition) is 7. The summed E-state index contributed by atoms with van der Waals surface area (Å²) in [6.45, 7) is 9.00.